The molecule has 2 heterocycles. The van der Waals surface area contributed by atoms with Gasteiger partial charge in [0.05, 0.1) is 17.6 Å². The first-order chi connectivity index (χ1) is 13.8. The fourth-order valence-electron chi connectivity index (χ4n) is 2.76. The van der Waals surface area contributed by atoms with E-state index in [1.807, 2.05) is 17.5 Å². The summed E-state index contributed by atoms with van der Waals surface area (Å²) in [6.07, 6.45) is 0.746. The number of thiophene rings is 1. The molecule has 1 aliphatic rings. The Bertz CT molecular complexity index is 925. The number of aliphatic hydroxyl groups is 1. The zero-order valence-corrected chi connectivity index (χ0v) is 17.3. The molecule has 0 bridgehead atoms. The first-order valence-corrected chi connectivity index (χ1v) is 10.5. The molecule has 0 radical (unpaired) electrons. The Hall–Kier alpha value is -2.62. The average Bonchev–Trinajstić information content (AvgIpc) is 3.29. The smallest absolute Gasteiger partial charge is 0.293 e. The minimum atomic E-state index is -0.907. The Morgan fingerprint density at radius 2 is 1.97 bits per heavy atom. The summed E-state index contributed by atoms with van der Waals surface area (Å²) < 4.78 is 0. The van der Waals surface area contributed by atoms with Gasteiger partial charge in [0.1, 0.15) is 5.75 Å². The van der Waals surface area contributed by atoms with Gasteiger partial charge in [0.25, 0.3) is 11.1 Å². The zero-order chi connectivity index (χ0) is 21.0. The molecule has 7 nitrogen and oxygen atoms in total. The lowest BCUT2D eigenvalue weighted by Crippen LogP contribution is -2.36. The number of hydrogen-bond donors (Lipinski definition) is 2. The molecule has 29 heavy (non-hydrogen) atoms. The van der Waals surface area contributed by atoms with Crippen LogP contribution >= 0.6 is 23.1 Å². The summed E-state index contributed by atoms with van der Waals surface area (Å²) >= 11 is 2.34. The van der Waals surface area contributed by atoms with Crippen LogP contribution in [0.15, 0.2) is 46.7 Å². The molecule has 1 fully saturated rings. The normalized spacial score (nSPS) is 16.5. The maximum Gasteiger partial charge on any atom is 0.293 e. The number of benzene rings is 1. The summed E-state index contributed by atoms with van der Waals surface area (Å²) in [5.74, 6) is -0.590. The van der Waals surface area contributed by atoms with E-state index in [4.69, 9.17) is 0 Å². The highest BCUT2D eigenvalue weighted by molar-refractivity contribution is 8.18. The molecule has 1 aliphatic heterocycles. The molecular weight excluding hydrogens is 412 g/mol. The van der Waals surface area contributed by atoms with Gasteiger partial charge in [-0.25, -0.2) is 0 Å². The summed E-state index contributed by atoms with van der Waals surface area (Å²) in [6.45, 7) is 0.0503. The predicted molar refractivity (Wildman–Crippen MR) is 112 cm³/mol. The number of carbonyl (C=O) groups is 3. The summed E-state index contributed by atoms with van der Waals surface area (Å²) in [7, 11) is 1.55. The molecule has 2 N–H and O–H groups in total. The van der Waals surface area contributed by atoms with Crippen LogP contribution in [0.3, 0.4) is 0 Å². The SMILES string of the molecule is CN(C[C@H](O)c1ccc(O)cc1)C(=O)CCN1C(=O)S/C(=C/c2cccs2)C1=O. The average molecular weight is 433 g/mol. The van der Waals surface area contributed by atoms with Gasteiger partial charge in [0.2, 0.25) is 5.91 Å². The number of phenolic OH excluding ortho intramolecular Hbond substituents is 1. The fraction of sp³-hybridized carbons (Fsp3) is 0.250. The van der Waals surface area contributed by atoms with Crippen LogP contribution < -0.4 is 0 Å². The minimum Gasteiger partial charge on any atom is -0.508 e. The van der Waals surface area contributed by atoms with Crippen LogP contribution in [-0.4, -0.2) is 57.2 Å². The number of nitrogens with zero attached hydrogens (tertiary/aromatic N) is 2. The topological polar surface area (TPSA) is 98.2 Å². The van der Waals surface area contributed by atoms with Gasteiger partial charge in [-0.2, -0.15) is 0 Å². The zero-order valence-electron chi connectivity index (χ0n) is 15.6. The lowest BCUT2D eigenvalue weighted by molar-refractivity contribution is -0.131. The summed E-state index contributed by atoms with van der Waals surface area (Å²) in [5.41, 5.74) is 0.576. The van der Waals surface area contributed by atoms with Crippen LogP contribution in [0.25, 0.3) is 6.08 Å². The van der Waals surface area contributed by atoms with Crippen LogP contribution in [0, 0.1) is 0 Å². The minimum absolute atomic E-state index is 0.00900. The third kappa shape index (κ3) is 5.26. The van der Waals surface area contributed by atoms with Gasteiger partial charge in [0, 0.05) is 24.9 Å². The van der Waals surface area contributed by atoms with Crippen molar-refractivity contribution in [2.24, 2.45) is 0 Å². The van der Waals surface area contributed by atoms with E-state index in [0.29, 0.717) is 10.5 Å². The van der Waals surface area contributed by atoms with Gasteiger partial charge in [-0.05, 0) is 47.0 Å². The van der Waals surface area contributed by atoms with Crippen molar-refractivity contribution < 1.29 is 24.6 Å². The molecule has 152 valence electrons. The molecule has 0 unspecified atom stereocenters. The number of amides is 3. The van der Waals surface area contributed by atoms with Crippen molar-refractivity contribution in [1.29, 1.82) is 0 Å². The van der Waals surface area contributed by atoms with Gasteiger partial charge in [-0.1, -0.05) is 18.2 Å². The number of aromatic hydroxyl groups is 1. The maximum atomic E-state index is 12.5. The van der Waals surface area contributed by atoms with Crippen molar-refractivity contribution in [3.05, 3.63) is 57.1 Å². The first-order valence-electron chi connectivity index (χ1n) is 8.85. The van der Waals surface area contributed by atoms with E-state index >= 15 is 0 Å². The molecule has 0 aliphatic carbocycles. The Labute approximate surface area is 176 Å². The second-order valence-corrected chi connectivity index (χ2v) is 8.45. The molecule has 3 amide bonds. The number of likely N-dealkylation sites (N-methyl/N-ethyl adjacent to an activating group) is 1. The van der Waals surface area contributed by atoms with E-state index in [0.717, 1.165) is 21.5 Å². The van der Waals surface area contributed by atoms with Crippen LogP contribution in [-0.2, 0) is 9.59 Å². The van der Waals surface area contributed by atoms with E-state index in [1.165, 1.54) is 28.4 Å². The molecule has 3 rings (SSSR count). The predicted octanol–water partition coefficient (Wildman–Crippen LogP) is 3.07. The van der Waals surface area contributed by atoms with Gasteiger partial charge in [-0.15, -0.1) is 11.3 Å². The molecule has 2 aromatic rings. The number of hydrogen-bond acceptors (Lipinski definition) is 7. The number of imide groups is 1. The van der Waals surface area contributed by atoms with Crippen molar-refractivity contribution in [2.45, 2.75) is 12.5 Å². The summed E-state index contributed by atoms with van der Waals surface area (Å²) in [6, 6.07) is 9.81. The van der Waals surface area contributed by atoms with E-state index in [2.05, 4.69) is 0 Å². The highest BCUT2D eigenvalue weighted by Crippen LogP contribution is 2.33. The van der Waals surface area contributed by atoms with E-state index in [1.54, 1.807) is 25.3 Å². The Kier molecular flexibility index (Phi) is 6.73. The van der Waals surface area contributed by atoms with Crippen LogP contribution in [0.2, 0.25) is 0 Å². The van der Waals surface area contributed by atoms with Crippen molar-refractivity contribution in [3.63, 3.8) is 0 Å². The fourth-order valence-corrected chi connectivity index (χ4v) is 4.34. The second kappa shape index (κ2) is 9.25. The van der Waals surface area contributed by atoms with Crippen molar-refractivity contribution in [3.8, 4) is 5.75 Å². The quantitative estimate of drug-likeness (QED) is 0.653. The van der Waals surface area contributed by atoms with Crippen LogP contribution in [0.4, 0.5) is 4.79 Å². The molecule has 0 spiro atoms. The maximum absolute atomic E-state index is 12.5. The van der Waals surface area contributed by atoms with E-state index < -0.39 is 17.3 Å². The van der Waals surface area contributed by atoms with E-state index in [-0.39, 0.29) is 31.2 Å². The number of rotatable bonds is 7. The third-order valence-corrected chi connectivity index (χ3v) is 6.12. The second-order valence-electron chi connectivity index (χ2n) is 6.48. The third-order valence-electron chi connectivity index (χ3n) is 4.39. The highest BCUT2D eigenvalue weighted by atomic mass is 32.2. The monoisotopic (exact) mass is 432 g/mol. The van der Waals surface area contributed by atoms with Gasteiger partial charge < -0.3 is 15.1 Å². The molecule has 9 heteroatoms. The van der Waals surface area contributed by atoms with E-state index in [9.17, 15) is 24.6 Å². The molecule has 1 saturated heterocycles. The lowest BCUT2D eigenvalue weighted by Gasteiger charge is -2.22. The van der Waals surface area contributed by atoms with Gasteiger partial charge in [-0.3, -0.25) is 19.3 Å². The number of aliphatic hydroxyl groups excluding tert-OH is 1. The van der Waals surface area contributed by atoms with Crippen LogP contribution in [0.1, 0.15) is 23.0 Å². The van der Waals surface area contributed by atoms with Crippen molar-refractivity contribution >= 4 is 46.2 Å². The number of phenols is 1. The number of thioether (sulfide) groups is 1. The van der Waals surface area contributed by atoms with Crippen molar-refractivity contribution in [2.75, 3.05) is 20.1 Å². The van der Waals surface area contributed by atoms with Gasteiger partial charge in [0.15, 0.2) is 0 Å². The lowest BCUT2D eigenvalue weighted by atomic mass is 10.1. The standard InChI is InChI=1S/C20H20N2O5S2/c1-21(12-16(24)13-4-6-14(23)7-5-13)18(25)8-9-22-19(26)17(29-20(22)27)11-15-3-2-10-28-15/h2-7,10-11,16,23-24H,8-9,12H2,1H3/b17-11+/t16-/m0/s1. The number of carbonyl (C=O) groups excluding carboxylic acids is 3. The van der Waals surface area contributed by atoms with Crippen LogP contribution in [0.5, 0.6) is 5.75 Å². The largest absolute Gasteiger partial charge is 0.508 e. The Morgan fingerprint density at radius 1 is 1.24 bits per heavy atom. The Morgan fingerprint density at radius 3 is 2.62 bits per heavy atom. The molecule has 1 aromatic carbocycles. The first kappa shape index (κ1) is 21.1. The highest BCUT2D eigenvalue weighted by Gasteiger charge is 2.35. The van der Waals surface area contributed by atoms with Crippen molar-refractivity contribution in [1.82, 2.24) is 9.80 Å². The Balaban J connectivity index is 1.53. The molecule has 0 saturated carbocycles. The summed E-state index contributed by atoms with van der Waals surface area (Å²) in [4.78, 5) is 40.6. The summed E-state index contributed by atoms with van der Waals surface area (Å²) in [5, 5.41) is 21.0. The molecule has 1 atom stereocenters. The van der Waals surface area contributed by atoms with Gasteiger partial charge >= 0.3 is 0 Å². The molecule has 1 aromatic heterocycles. The molecular formula is C20H20N2O5S2.